The van der Waals surface area contributed by atoms with Gasteiger partial charge in [0.1, 0.15) is 5.25 Å². The Kier molecular flexibility index (Phi) is 7.21. The zero-order valence-corrected chi connectivity index (χ0v) is 10.3. The summed E-state index contributed by atoms with van der Waals surface area (Å²) in [5, 5.41) is 8.33. The van der Waals surface area contributed by atoms with Crippen LogP contribution in [0.5, 0.6) is 0 Å². The minimum Gasteiger partial charge on any atom is -0.480 e. The van der Waals surface area contributed by atoms with E-state index in [0.717, 1.165) is 0 Å². The number of carboxylic acids is 1. The molecule has 0 aliphatic carbocycles. The Hall–Kier alpha value is -0.710. The number of nitrogens with zero attached hydrogens (tertiary/aromatic N) is 1. The lowest BCUT2D eigenvalue weighted by Gasteiger charge is -2.19. The highest BCUT2D eigenvalue weighted by Gasteiger charge is 2.18. The van der Waals surface area contributed by atoms with E-state index in [1.165, 1.54) is 11.8 Å². The average molecular weight is 233 g/mol. The summed E-state index contributed by atoms with van der Waals surface area (Å²) in [7, 11) is 0. The summed E-state index contributed by atoms with van der Waals surface area (Å²) in [5.41, 5.74) is 0. The first-order valence-corrected chi connectivity index (χ1v) is 6.23. The van der Waals surface area contributed by atoms with E-state index in [9.17, 15) is 9.59 Å². The fourth-order valence-corrected chi connectivity index (χ4v) is 2.11. The van der Waals surface area contributed by atoms with Crippen LogP contribution in [0.3, 0.4) is 0 Å². The van der Waals surface area contributed by atoms with E-state index in [0.29, 0.717) is 19.5 Å². The van der Waals surface area contributed by atoms with Gasteiger partial charge in [0.15, 0.2) is 0 Å². The fourth-order valence-electron chi connectivity index (χ4n) is 1.20. The Morgan fingerprint density at radius 1 is 1.27 bits per heavy atom. The molecule has 0 aliphatic rings. The lowest BCUT2D eigenvalue weighted by Crippen LogP contribution is -2.33. The van der Waals surface area contributed by atoms with Gasteiger partial charge in [0.25, 0.3) is 0 Å². The monoisotopic (exact) mass is 233 g/mol. The molecule has 0 saturated heterocycles. The van der Waals surface area contributed by atoms with Crippen molar-refractivity contribution in [2.45, 2.75) is 32.4 Å². The van der Waals surface area contributed by atoms with Gasteiger partial charge < -0.3 is 10.0 Å². The Morgan fingerprint density at radius 2 is 1.80 bits per heavy atom. The van der Waals surface area contributed by atoms with E-state index in [1.807, 2.05) is 20.8 Å². The molecule has 15 heavy (non-hydrogen) atoms. The Balaban J connectivity index is 4.02. The van der Waals surface area contributed by atoms with Crippen LogP contribution in [0, 0.1) is 0 Å². The summed E-state index contributed by atoms with van der Waals surface area (Å²) in [6.45, 7) is 7.01. The largest absolute Gasteiger partial charge is 0.480 e. The molecule has 88 valence electrons. The van der Waals surface area contributed by atoms with Crippen molar-refractivity contribution in [2.75, 3.05) is 18.8 Å². The third-order valence-corrected chi connectivity index (χ3v) is 3.52. The highest BCUT2D eigenvalue weighted by molar-refractivity contribution is 8.01. The summed E-state index contributed by atoms with van der Waals surface area (Å²) in [6.07, 6.45) is 0.547. The minimum absolute atomic E-state index is 0.0182. The molecule has 0 aliphatic heterocycles. The van der Waals surface area contributed by atoms with Crippen LogP contribution in [0.25, 0.3) is 0 Å². The normalized spacial score (nSPS) is 12.2. The number of aliphatic carboxylic acids is 1. The Labute approximate surface area is 95.0 Å². The van der Waals surface area contributed by atoms with Crippen LogP contribution in [0.4, 0.5) is 0 Å². The maximum atomic E-state index is 11.6. The molecule has 0 spiro atoms. The molecule has 0 aromatic rings. The molecule has 0 saturated carbocycles. The molecule has 0 aromatic heterocycles. The van der Waals surface area contributed by atoms with Crippen molar-refractivity contribution in [1.82, 2.24) is 4.90 Å². The predicted molar refractivity (Wildman–Crippen MR) is 62.1 cm³/mol. The second-order valence-corrected chi connectivity index (χ2v) is 4.30. The van der Waals surface area contributed by atoms with Crippen molar-refractivity contribution in [3.63, 3.8) is 0 Å². The number of carbonyl (C=O) groups excluding carboxylic acids is 1. The fraction of sp³-hybridized carbons (Fsp3) is 0.800. The van der Waals surface area contributed by atoms with Gasteiger partial charge in [0.05, 0.1) is 5.75 Å². The van der Waals surface area contributed by atoms with Crippen molar-refractivity contribution in [3.8, 4) is 0 Å². The molecule has 0 rings (SSSR count). The minimum atomic E-state index is -0.838. The summed E-state index contributed by atoms with van der Waals surface area (Å²) in [6, 6.07) is 0. The summed E-state index contributed by atoms with van der Waals surface area (Å²) in [4.78, 5) is 24.0. The molecule has 1 amide bonds. The number of hydrogen-bond acceptors (Lipinski definition) is 3. The predicted octanol–water partition coefficient (Wildman–Crippen LogP) is 1.45. The van der Waals surface area contributed by atoms with Crippen LogP contribution in [0.2, 0.25) is 0 Å². The van der Waals surface area contributed by atoms with Crippen LogP contribution in [0.1, 0.15) is 27.2 Å². The van der Waals surface area contributed by atoms with Gasteiger partial charge in [-0.15, -0.1) is 11.8 Å². The maximum absolute atomic E-state index is 11.6. The zero-order chi connectivity index (χ0) is 11.8. The maximum Gasteiger partial charge on any atom is 0.316 e. The second kappa shape index (κ2) is 7.56. The molecule has 0 fully saturated rings. The Bertz CT molecular complexity index is 217. The third-order valence-electron chi connectivity index (χ3n) is 2.17. The topological polar surface area (TPSA) is 57.6 Å². The van der Waals surface area contributed by atoms with Crippen molar-refractivity contribution >= 4 is 23.6 Å². The van der Waals surface area contributed by atoms with Gasteiger partial charge in [0, 0.05) is 13.1 Å². The highest BCUT2D eigenvalue weighted by Crippen LogP contribution is 2.15. The van der Waals surface area contributed by atoms with Gasteiger partial charge in [-0.1, -0.05) is 6.92 Å². The molecule has 1 N–H and O–H groups in total. The quantitative estimate of drug-likeness (QED) is 0.723. The molecule has 0 radical (unpaired) electrons. The summed E-state index contributed by atoms with van der Waals surface area (Å²) >= 11 is 1.21. The highest BCUT2D eigenvalue weighted by atomic mass is 32.2. The molecule has 5 heteroatoms. The number of hydrogen-bond donors (Lipinski definition) is 1. The van der Waals surface area contributed by atoms with E-state index in [-0.39, 0.29) is 11.7 Å². The lowest BCUT2D eigenvalue weighted by molar-refractivity contribution is -0.136. The number of thioether (sulfide) groups is 1. The van der Waals surface area contributed by atoms with Crippen LogP contribution in [-0.2, 0) is 9.59 Å². The molecular weight excluding hydrogens is 214 g/mol. The van der Waals surface area contributed by atoms with Gasteiger partial charge in [-0.25, -0.2) is 0 Å². The van der Waals surface area contributed by atoms with Crippen molar-refractivity contribution < 1.29 is 14.7 Å². The molecular formula is C10H19NO3S. The number of amides is 1. The van der Waals surface area contributed by atoms with E-state index in [4.69, 9.17) is 5.11 Å². The lowest BCUT2D eigenvalue weighted by atomic mass is 10.3. The van der Waals surface area contributed by atoms with Crippen molar-refractivity contribution in [2.24, 2.45) is 0 Å². The molecule has 4 nitrogen and oxygen atoms in total. The van der Waals surface area contributed by atoms with Crippen LogP contribution >= 0.6 is 11.8 Å². The summed E-state index contributed by atoms with van der Waals surface area (Å²) < 4.78 is 0. The smallest absolute Gasteiger partial charge is 0.316 e. The number of rotatable bonds is 7. The van der Waals surface area contributed by atoms with Gasteiger partial charge in [-0.05, 0) is 20.3 Å². The van der Waals surface area contributed by atoms with Gasteiger partial charge >= 0.3 is 5.97 Å². The average Bonchev–Trinajstić information content (AvgIpc) is 2.20. The third kappa shape index (κ3) is 5.06. The van der Waals surface area contributed by atoms with Gasteiger partial charge in [0.2, 0.25) is 5.91 Å². The van der Waals surface area contributed by atoms with E-state index in [2.05, 4.69) is 0 Å². The summed E-state index contributed by atoms with van der Waals surface area (Å²) in [5.74, 6) is -0.563. The Morgan fingerprint density at radius 3 is 2.13 bits per heavy atom. The van der Waals surface area contributed by atoms with Crippen LogP contribution in [0.15, 0.2) is 0 Å². The molecule has 1 unspecified atom stereocenters. The van der Waals surface area contributed by atoms with Crippen molar-refractivity contribution in [3.05, 3.63) is 0 Å². The van der Waals surface area contributed by atoms with E-state index < -0.39 is 11.2 Å². The first-order valence-electron chi connectivity index (χ1n) is 5.18. The van der Waals surface area contributed by atoms with Crippen molar-refractivity contribution in [1.29, 1.82) is 0 Å². The first-order chi connectivity index (χ1) is 7.06. The van der Waals surface area contributed by atoms with Gasteiger partial charge in [-0.2, -0.15) is 0 Å². The number of carbonyl (C=O) groups is 2. The van der Waals surface area contributed by atoms with Crippen LogP contribution < -0.4 is 0 Å². The molecule has 0 bridgehead atoms. The molecule has 0 aromatic carbocycles. The first kappa shape index (κ1) is 14.3. The van der Waals surface area contributed by atoms with E-state index >= 15 is 0 Å². The van der Waals surface area contributed by atoms with Gasteiger partial charge in [-0.3, -0.25) is 9.59 Å². The molecule has 0 heterocycles. The zero-order valence-electron chi connectivity index (χ0n) is 9.52. The van der Waals surface area contributed by atoms with E-state index in [1.54, 1.807) is 4.90 Å². The second-order valence-electron chi connectivity index (χ2n) is 3.11. The standard InChI is InChI=1S/C10H19NO3S/c1-4-8(10(13)14)15-7-9(12)11(5-2)6-3/h8H,4-7H2,1-3H3,(H,13,14). The SMILES string of the molecule is CCC(SCC(=O)N(CC)CC)C(=O)O. The van der Waals surface area contributed by atoms with Crippen LogP contribution in [-0.4, -0.2) is 46.0 Å². The number of carboxylic acid groups (broad SMARTS) is 1. The molecule has 1 atom stereocenters.